The summed E-state index contributed by atoms with van der Waals surface area (Å²) in [6.07, 6.45) is 6.56. The highest BCUT2D eigenvalue weighted by Gasteiger charge is 2.20. The van der Waals surface area contributed by atoms with Gasteiger partial charge < -0.3 is 10.6 Å². The predicted octanol–water partition coefficient (Wildman–Crippen LogP) is 3.34. The molecule has 3 aromatic rings. The molecular formula is C18H21Cl2N5O. The molecule has 1 saturated heterocycles. The van der Waals surface area contributed by atoms with Gasteiger partial charge in [-0.1, -0.05) is 18.6 Å². The maximum Gasteiger partial charge on any atom is 0.241 e. The molecule has 8 heteroatoms. The molecule has 1 aromatic carbocycles. The molecule has 0 bridgehead atoms. The van der Waals surface area contributed by atoms with Gasteiger partial charge in [0.05, 0.1) is 29.0 Å². The molecule has 4 rings (SSSR count). The summed E-state index contributed by atoms with van der Waals surface area (Å²) >= 11 is 0. The third-order valence-corrected chi connectivity index (χ3v) is 4.34. The van der Waals surface area contributed by atoms with Crippen molar-refractivity contribution in [2.45, 2.75) is 25.3 Å². The van der Waals surface area contributed by atoms with Gasteiger partial charge >= 0.3 is 0 Å². The lowest BCUT2D eigenvalue weighted by molar-refractivity contribution is -0.118. The van der Waals surface area contributed by atoms with Crippen LogP contribution in [0.15, 0.2) is 48.9 Å². The standard InChI is InChI=1S/C18H19N5O.2ClH/c24-18(15-6-3-4-10-19-15)22-13-8-9-17(20-11-13)23-12-21-14-5-1-2-7-16(14)23;;/h1-2,5,7-9,11-12,15,19H,3-4,6,10H2,(H,22,24);2*1H/t15-;;/m1../s1. The number of amides is 1. The third kappa shape index (κ3) is 4.15. The fourth-order valence-electron chi connectivity index (χ4n) is 3.05. The van der Waals surface area contributed by atoms with Gasteiger partial charge in [-0.2, -0.15) is 0 Å². The van der Waals surface area contributed by atoms with Crippen LogP contribution in [0.4, 0.5) is 5.69 Å². The molecule has 1 aliphatic heterocycles. The number of pyridine rings is 1. The van der Waals surface area contributed by atoms with E-state index in [-0.39, 0.29) is 36.8 Å². The number of para-hydroxylation sites is 2. The Kier molecular flexibility index (Phi) is 6.97. The highest BCUT2D eigenvalue weighted by molar-refractivity contribution is 5.94. The molecule has 0 aliphatic carbocycles. The molecular weight excluding hydrogens is 373 g/mol. The average molecular weight is 394 g/mol. The fraction of sp³-hybridized carbons (Fsp3) is 0.278. The molecule has 0 unspecified atom stereocenters. The number of piperidine rings is 1. The number of anilines is 1. The van der Waals surface area contributed by atoms with E-state index in [9.17, 15) is 4.79 Å². The van der Waals surface area contributed by atoms with Crippen LogP contribution in [0.1, 0.15) is 19.3 Å². The van der Waals surface area contributed by atoms with Gasteiger partial charge in [0, 0.05) is 0 Å². The van der Waals surface area contributed by atoms with Crippen LogP contribution in [0.3, 0.4) is 0 Å². The van der Waals surface area contributed by atoms with Crippen LogP contribution in [0, 0.1) is 0 Å². The highest BCUT2D eigenvalue weighted by Crippen LogP contribution is 2.18. The van der Waals surface area contributed by atoms with Crippen LogP contribution < -0.4 is 10.6 Å². The van der Waals surface area contributed by atoms with Crippen molar-refractivity contribution < 1.29 is 4.79 Å². The maximum absolute atomic E-state index is 12.2. The van der Waals surface area contributed by atoms with Crippen molar-refractivity contribution >= 4 is 47.4 Å². The quantitative estimate of drug-likeness (QED) is 0.715. The maximum atomic E-state index is 12.2. The minimum Gasteiger partial charge on any atom is -0.323 e. The summed E-state index contributed by atoms with van der Waals surface area (Å²) < 4.78 is 1.93. The Morgan fingerprint density at radius 1 is 1.12 bits per heavy atom. The number of carbonyl (C=O) groups excluding carboxylic acids is 1. The topological polar surface area (TPSA) is 71.8 Å². The van der Waals surface area contributed by atoms with E-state index in [1.165, 1.54) is 0 Å². The van der Waals surface area contributed by atoms with Crippen molar-refractivity contribution in [3.05, 3.63) is 48.9 Å². The van der Waals surface area contributed by atoms with Crippen LogP contribution in [0.25, 0.3) is 16.9 Å². The molecule has 1 atom stereocenters. The number of hydrogen-bond acceptors (Lipinski definition) is 4. The Labute approximate surface area is 164 Å². The molecule has 1 aliphatic rings. The van der Waals surface area contributed by atoms with E-state index in [0.717, 1.165) is 42.7 Å². The minimum absolute atomic E-state index is 0. The van der Waals surface area contributed by atoms with Gasteiger partial charge in [-0.05, 0) is 43.7 Å². The number of aromatic nitrogens is 3. The van der Waals surface area contributed by atoms with Gasteiger partial charge in [0.1, 0.15) is 12.1 Å². The van der Waals surface area contributed by atoms with Gasteiger partial charge in [0.15, 0.2) is 0 Å². The van der Waals surface area contributed by atoms with E-state index >= 15 is 0 Å². The minimum atomic E-state index is -0.101. The molecule has 0 radical (unpaired) electrons. The van der Waals surface area contributed by atoms with E-state index in [4.69, 9.17) is 0 Å². The van der Waals surface area contributed by atoms with Crippen LogP contribution in [-0.2, 0) is 4.79 Å². The molecule has 26 heavy (non-hydrogen) atoms. The first-order chi connectivity index (χ1) is 11.8. The van der Waals surface area contributed by atoms with E-state index < -0.39 is 0 Å². The van der Waals surface area contributed by atoms with Crippen molar-refractivity contribution in [3.8, 4) is 5.82 Å². The number of fused-ring (bicyclic) bond motifs is 1. The summed E-state index contributed by atoms with van der Waals surface area (Å²) in [5, 5.41) is 6.18. The number of nitrogens with zero attached hydrogens (tertiary/aromatic N) is 3. The molecule has 6 nitrogen and oxygen atoms in total. The number of rotatable bonds is 3. The normalized spacial score (nSPS) is 16.4. The van der Waals surface area contributed by atoms with Crippen LogP contribution in [-0.4, -0.2) is 33.0 Å². The second-order valence-corrected chi connectivity index (χ2v) is 6.00. The molecule has 0 saturated carbocycles. The zero-order valence-corrected chi connectivity index (χ0v) is 15.7. The monoisotopic (exact) mass is 393 g/mol. The summed E-state index contributed by atoms with van der Waals surface area (Å²) in [6.45, 7) is 0.906. The van der Waals surface area contributed by atoms with Crippen LogP contribution in [0.5, 0.6) is 0 Å². The zero-order valence-electron chi connectivity index (χ0n) is 14.1. The van der Waals surface area contributed by atoms with E-state index in [0.29, 0.717) is 5.69 Å². The molecule has 1 fully saturated rings. The third-order valence-electron chi connectivity index (χ3n) is 4.34. The van der Waals surface area contributed by atoms with Crippen LogP contribution in [0.2, 0.25) is 0 Å². The second-order valence-electron chi connectivity index (χ2n) is 6.00. The first-order valence-corrected chi connectivity index (χ1v) is 8.24. The smallest absolute Gasteiger partial charge is 0.241 e. The molecule has 2 aromatic heterocycles. The number of benzene rings is 1. The summed E-state index contributed by atoms with van der Waals surface area (Å²) in [5.41, 5.74) is 2.65. The van der Waals surface area contributed by atoms with Gasteiger partial charge in [0.2, 0.25) is 5.91 Å². The lowest BCUT2D eigenvalue weighted by Crippen LogP contribution is -2.43. The Hall–Kier alpha value is -2.15. The Morgan fingerprint density at radius 2 is 1.96 bits per heavy atom. The van der Waals surface area contributed by atoms with Crippen molar-refractivity contribution in [1.29, 1.82) is 0 Å². The van der Waals surface area contributed by atoms with Gasteiger partial charge in [0.25, 0.3) is 0 Å². The van der Waals surface area contributed by atoms with Crippen molar-refractivity contribution in [3.63, 3.8) is 0 Å². The highest BCUT2D eigenvalue weighted by atomic mass is 35.5. The molecule has 2 N–H and O–H groups in total. The largest absolute Gasteiger partial charge is 0.323 e. The van der Waals surface area contributed by atoms with E-state index in [1.807, 2.05) is 41.0 Å². The molecule has 1 amide bonds. The zero-order chi connectivity index (χ0) is 16.4. The van der Waals surface area contributed by atoms with Gasteiger partial charge in [-0.3, -0.25) is 9.36 Å². The first kappa shape index (κ1) is 20.2. The first-order valence-electron chi connectivity index (χ1n) is 8.24. The Morgan fingerprint density at radius 3 is 2.69 bits per heavy atom. The summed E-state index contributed by atoms with van der Waals surface area (Å²) in [5.74, 6) is 0.787. The van der Waals surface area contributed by atoms with Crippen LogP contribution >= 0.6 is 24.8 Å². The Balaban J connectivity index is 0.00000121. The molecule has 3 heterocycles. The van der Waals surface area contributed by atoms with Gasteiger partial charge in [-0.15, -0.1) is 24.8 Å². The van der Waals surface area contributed by atoms with Gasteiger partial charge in [-0.25, -0.2) is 9.97 Å². The Bertz CT molecular complexity index is 859. The van der Waals surface area contributed by atoms with Crippen molar-refractivity contribution in [2.75, 3.05) is 11.9 Å². The lowest BCUT2D eigenvalue weighted by atomic mass is 10.0. The second kappa shape index (κ2) is 8.98. The fourth-order valence-corrected chi connectivity index (χ4v) is 3.05. The number of halogens is 2. The lowest BCUT2D eigenvalue weighted by Gasteiger charge is -2.22. The SMILES string of the molecule is Cl.Cl.O=C(Nc1ccc(-n2cnc3ccccc32)nc1)[C@H]1CCCCN1. The number of hydrogen-bond donors (Lipinski definition) is 2. The molecule has 0 spiro atoms. The number of imidazole rings is 1. The van der Waals surface area contributed by atoms with Crippen molar-refractivity contribution in [1.82, 2.24) is 19.9 Å². The summed E-state index contributed by atoms with van der Waals surface area (Å²) in [4.78, 5) is 21.1. The van der Waals surface area contributed by atoms with Crippen molar-refractivity contribution in [2.24, 2.45) is 0 Å². The number of carbonyl (C=O) groups is 1. The number of nitrogens with one attached hydrogen (secondary N) is 2. The van der Waals surface area contributed by atoms with E-state index in [2.05, 4.69) is 20.6 Å². The summed E-state index contributed by atoms with van der Waals surface area (Å²) in [7, 11) is 0. The summed E-state index contributed by atoms with van der Waals surface area (Å²) in [6, 6.07) is 11.6. The predicted molar refractivity (Wildman–Crippen MR) is 108 cm³/mol. The van der Waals surface area contributed by atoms with E-state index in [1.54, 1.807) is 12.5 Å². The molecule has 138 valence electrons. The average Bonchev–Trinajstić information content (AvgIpc) is 3.07.